The van der Waals surface area contributed by atoms with Crippen LogP contribution in [0.3, 0.4) is 0 Å². The van der Waals surface area contributed by atoms with E-state index in [1.54, 1.807) is 0 Å². The molecule has 21 heavy (non-hydrogen) atoms. The highest BCUT2D eigenvalue weighted by atomic mass is 79.9. The molecule has 1 aromatic rings. The van der Waals surface area contributed by atoms with Gasteiger partial charge in [-0.25, -0.2) is 4.98 Å². The van der Waals surface area contributed by atoms with E-state index in [2.05, 4.69) is 38.8 Å². The monoisotopic (exact) mass is 354 g/mol. The van der Waals surface area contributed by atoms with Gasteiger partial charge < -0.3 is 14.4 Å². The Balaban J connectivity index is 1.51. The van der Waals surface area contributed by atoms with Crippen molar-refractivity contribution >= 4 is 21.7 Å². The number of hydrogen-bond acceptors (Lipinski definition) is 4. The molecule has 2 aliphatic rings. The molecule has 0 saturated carbocycles. The number of hydrogen-bond donors (Lipinski definition) is 0. The van der Waals surface area contributed by atoms with Gasteiger partial charge in [-0.05, 0) is 60.2 Å². The van der Waals surface area contributed by atoms with Gasteiger partial charge in [0.05, 0.1) is 12.2 Å². The van der Waals surface area contributed by atoms with Gasteiger partial charge in [0.2, 0.25) is 0 Å². The van der Waals surface area contributed by atoms with Gasteiger partial charge >= 0.3 is 0 Å². The zero-order valence-electron chi connectivity index (χ0n) is 12.6. The van der Waals surface area contributed by atoms with Gasteiger partial charge in [0.1, 0.15) is 5.82 Å². The summed E-state index contributed by atoms with van der Waals surface area (Å²) in [5.74, 6) is 1.08. The zero-order valence-corrected chi connectivity index (χ0v) is 14.1. The summed E-state index contributed by atoms with van der Waals surface area (Å²) in [5.41, 5.74) is 1.24. The molecule has 0 amide bonds. The van der Waals surface area contributed by atoms with E-state index in [9.17, 15) is 0 Å². The van der Waals surface area contributed by atoms with Gasteiger partial charge in [-0.1, -0.05) is 0 Å². The predicted molar refractivity (Wildman–Crippen MR) is 86.8 cm³/mol. The van der Waals surface area contributed by atoms with Crippen LogP contribution in [0, 0.1) is 6.92 Å². The van der Waals surface area contributed by atoms with Crippen LogP contribution in [-0.2, 0) is 9.47 Å². The molecule has 3 rings (SSSR count). The standard InChI is InChI=1S/C16H23BrN2O2/c1-12-10-16(18-11-15(12)17)19-6-2-13(3-7-19)21-14-4-8-20-9-5-14/h10-11,13-14H,2-9H2,1H3. The van der Waals surface area contributed by atoms with Crippen LogP contribution in [-0.4, -0.2) is 43.5 Å². The molecule has 4 nitrogen and oxygen atoms in total. The minimum Gasteiger partial charge on any atom is -0.381 e. The van der Waals surface area contributed by atoms with E-state index in [0.717, 1.165) is 62.3 Å². The molecule has 5 heteroatoms. The lowest BCUT2D eigenvalue weighted by molar-refractivity contribution is -0.0743. The second kappa shape index (κ2) is 7.07. The number of piperidine rings is 1. The highest BCUT2D eigenvalue weighted by Crippen LogP contribution is 2.25. The van der Waals surface area contributed by atoms with Crippen molar-refractivity contribution in [3.05, 3.63) is 22.3 Å². The largest absolute Gasteiger partial charge is 0.381 e. The number of anilines is 1. The third-order valence-corrected chi connectivity index (χ3v) is 5.18. The number of ether oxygens (including phenoxy) is 2. The second-order valence-corrected chi connectivity index (χ2v) is 6.78. The van der Waals surface area contributed by atoms with Crippen molar-refractivity contribution in [1.29, 1.82) is 0 Å². The first kappa shape index (κ1) is 15.3. The van der Waals surface area contributed by atoms with Crippen LogP contribution in [0.15, 0.2) is 16.7 Å². The Morgan fingerprint density at radius 1 is 1.19 bits per heavy atom. The van der Waals surface area contributed by atoms with E-state index in [4.69, 9.17) is 9.47 Å². The lowest BCUT2D eigenvalue weighted by atomic mass is 10.1. The number of aryl methyl sites for hydroxylation is 1. The molecule has 0 aliphatic carbocycles. The van der Waals surface area contributed by atoms with Gasteiger partial charge in [0.25, 0.3) is 0 Å². The summed E-state index contributed by atoms with van der Waals surface area (Å²) < 4.78 is 12.7. The molecule has 0 atom stereocenters. The molecule has 3 heterocycles. The van der Waals surface area contributed by atoms with Crippen molar-refractivity contribution in [1.82, 2.24) is 4.98 Å². The van der Waals surface area contributed by atoms with Gasteiger partial charge in [-0.3, -0.25) is 0 Å². The highest BCUT2D eigenvalue weighted by Gasteiger charge is 2.24. The molecule has 0 unspecified atom stereocenters. The smallest absolute Gasteiger partial charge is 0.128 e. The summed E-state index contributed by atoms with van der Waals surface area (Å²) in [6.07, 6.45) is 6.99. The van der Waals surface area contributed by atoms with Crippen LogP contribution >= 0.6 is 15.9 Å². The lowest BCUT2D eigenvalue weighted by Crippen LogP contribution is -2.39. The minimum atomic E-state index is 0.404. The predicted octanol–water partition coefficient (Wildman–Crippen LogP) is 3.32. The minimum absolute atomic E-state index is 0.404. The molecule has 0 bridgehead atoms. The van der Waals surface area contributed by atoms with Crippen LogP contribution in [0.1, 0.15) is 31.2 Å². The molecule has 2 saturated heterocycles. The average Bonchev–Trinajstić information content (AvgIpc) is 2.52. The maximum absolute atomic E-state index is 6.22. The molecule has 0 spiro atoms. The summed E-state index contributed by atoms with van der Waals surface area (Å²) >= 11 is 3.51. The van der Waals surface area contributed by atoms with Crippen LogP contribution in [0.2, 0.25) is 0 Å². The number of halogens is 1. The quantitative estimate of drug-likeness (QED) is 0.833. The third-order valence-electron chi connectivity index (χ3n) is 4.35. The fraction of sp³-hybridized carbons (Fsp3) is 0.688. The van der Waals surface area contributed by atoms with Gasteiger partial charge in [-0.2, -0.15) is 0 Å². The maximum Gasteiger partial charge on any atom is 0.128 e. The first-order chi connectivity index (χ1) is 10.2. The Morgan fingerprint density at radius 2 is 1.86 bits per heavy atom. The van der Waals surface area contributed by atoms with Crippen molar-refractivity contribution < 1.29 is 9.47 Å². The van der Waals surface area contributed by atoms with E-state index >= 15 is 0 Å². The SMILES string of the molecule is Cc1cc(N2CCC(OC3CCOCC3)CC2)ncc1Br. The van der Waals surface area contributed by atoms with Gasteiger partial charge in [-0.15, -0.1) is 0 Å². The van der Waals surface area contributed by atoms with Crippen LogP contribution in [0.4, 0.5) is 5.82 Å². The Bertz CT molecular complexity index is 469. The van der Waals surface area contributed by atoms with E-state index in [0.29, 0.717) is 12.2 Å². The van der Waals surface area contributed by atoms with E-state index in [1.807, 2.05) is 6.20 Å². The summed E-state index contributed by atoms with van der Waals surface area (Å²) in [5, 5.41) is 0. The average molecular weight is 355 g/mol. The fourth-order valence-electron chi connectivity index (χ4n) is 3.00. The summed E-state index contributed by atoms with van der Waals surface area (Å²) in [7, 11) is 0. The van der Waals surface area contributed by atoms with E-state index < -0.39 is 0 Å². The van der Waals surface area contributed by atoms with Crippen molar-refractivity contribution in [2.24, 2.45) is 0 Å². The van der Waals surface area contributed by atoms with Gasteiger partial charge in [0, 0.05) is 37.0 Å². The fourth-order valence-corrected chi connectivity index (χ4v) is 3.22. The number of nitrogens with zero attached hydrogens (tertiary/aromatic N) is 2. The molecule has 0 aromatic carbocycles. The molecule has 0 N–H and O–H groups in total. The summed E-state index contributed by atoms with van der Waals surface area (Å²) in [4.78, 5) is 6.89. The molecular weight excluding hydrogens is 332 g/mol. The Kier molecular flexibility index (Phi) is 5.14. The van der Waals surface area contributed by atoms with Crippen molar-refractivity contribution in [2.75, 3.05) is 31.2 Å². The molecule has 1 aromatic heterocycles. The molecule has 0 radical (unpaired) electrons. The highest BCUT2D eigenvalue weighted by molar-refractivity contribution is 9.10. The second-order valence-electron chi connectivity index (χ2n) is 5.93. The van der Waals surface area contributed by atoms with Gasteiger partial charge in [0.15, 0.2) is 0 Å². The third kappa shape index (κ3) is 3.96. The molecule has 116 valence electrons. The van der Waals surface area contributed by atoms with Crippen LogP contribution in [0.5, 0.6) is 0 Å². The Labute approximate surface area is 135 Å². The molecule has 2 aliphatic heterocycles. The Morgan fingerprint density at radius 3 is 2.52 bits per heavy atom. The van der Waals surface area contributed by atoms with E-state index in [-0.39, 0.29) is 0 Å². The normalized spacial score (nSPS) is 21.7. The van der Waals surface area contributed by atoms with Crippen molar-refractivity contribution in [2.45, 2.75) is 44.8 Å². The summed E-state index contributed by atoms with van der Waals surface area (Å²) in [6, 6.07) is 2.16. The first-order valence-corrected chi connectivity index (χ1v) is 8.62. The topological polar surface area (TPSA) is 34.6 Å². The molecular formula is C16H23BrN2O2. The van der Waals surface area contributed by atoms with Crippen LogP contribution < -0.4 is 4.90 Å². The maximum atomic E-state index is 6.22. The van der Waals surface area contributed by atoms with Crippen LogP contribution in [0.25, 0.3) is 0 Å². The lowest BCUT2D eigenvalue weighted by Gasteiger charge is -2.35. The molecule has 2 fully saturated rings. The Hall–Kier alpha value is -0.650. The number of aromatic nitrogens is 1. The zero-order chi connectivity index (χ0) is 14.7. The first-order valence-electron chi connectivity index (χ1n) is 7.82. The van der Waals surface area contributed by atoms with Crippen molar-refractivity contribution in [3.63, 3.8) is 0 Å². The summed E-state index contributed by atoms with van der Waals surface area (Å²) in [6.45, 7) is 5.87. The number of rotatable bonds is 3. The number of pyridine rings is 1. The van der Waals surface area contributed by atoms with E-state index in [1.165, 1.54) is 5.56 Å². The van der Waals surface area contributed by atoms with Crippen molar-refractivity contribution in [3.8, 4) is 0 Å².